The van der Waals surface area contributed by atoms with Crippen LogP contribution in [0.2, 0.25) is 0 Å². The van der Waals surface area contributed by atoms with E-state index in [1.807, 2.05) is 0 Å². The molecule has 0 spiro atoms. The molecule has 9 atom stereocenters. The zero-order valence-electron chi connectivity index (χ0n) is 22.2. The van der Waals surface area contributed by atoms with Gasteiger partial charge in [-0.3, -0.25) is 27.6 Å². The third kappa shape index (κ3) is 5.33. The average molecular weight is 693 g/mol. The van der Waals surface area contributed by atoms with Gasteiger partial charge in [-0.15, -0.1) is 16.9 Å². The Morgan fingerprint density at radius 3 is 2.78 bits per heavy atom. The first-order chi connectivity index (χ1) is 21.3. The van der Waals surface area contributed by atoms with Crippen LogP contribution < -0.4 is 21.7 Å². The summed E-state index contributed by atoms with van der Waals surface area (Å²) >= 11 is 0.816. The lowest BCUT2D eigenvalue weighted by atomic mass is 10.1. The van der Waals surface area contributed by atoms with Crippen molar-refractivity contribution in [3.8, 4) is 0 Å². The summed E-state index contributed by atoms with van der Waals surface area (Å²) in [6.07, 6.45) is -8.02. The number of ether oxygens (including phenoxy) is 1. The number of fused-ring (bicyclic) bond motifs is 4. The van der Waals surface area contributed by atoms with Gasteiger partial charge >= 0.3 is 18.1 Å². The highest BCUT2D eigenvalue weighted by molar-refractivity contribution is 8.00. The van der Waals surface area contributed by atoms with Crippen LogP contribution in [-0.4, -0.2) is 112 Å². The van der Waals surface area contributed by atoms with Crippen molar-refractivity contribution in [1.29, 1.82) is 0 Å². The number of halogens is 1. The van der Waals surface area contributed by atoms with E-state index in [2.05, 4.69) is 40.0 Å². The van der Waals surface area contributed by atoms with E-state index in [-0.39, 0.29) is 34.1 Å². The molecule has 3 aliphatic rings. The van der Waals surface area contributed by atoms with Crippen molar-refractivity contribution in [2.45, 2.75) is 47.4 Å². The monoisotopic (exact) mass is 692 g/mol. The second kappa shape index (κ2) is 10.9. The number of hydrogen-bond acceptors (Lipinski definition) is 18. The van der Waals surface area contributed by atoms with Gasteiger partial charge in [-0.1, -0.05) is 5.21 Å². The van der Waals surface area contributed by atoms with Gasteiger partial charge in [-0.05, 0) is 0 Å². The Balaban J connectivity index is 1.17. The number of rotatable bonds is 2. The van der Waals surface area contributed by atoms with Crippen molar-refractivity contribution in [1.82, 2.24) is 49.2 Å². The summed E-state index contributed by atoms with van der Waals surface area (Å²) in [5.41, 5.74) is 10.6. The summed E-state index contributed by atoms with van der Waals surface area (Å²) in [4.78, 5) is 40.9. The van der Waals surface area contributed by atoms with E-state index in [9.17, 15) is 27.8 Å². The minimum absolute atomic E-state index is 0.00645. The third-order valence-electron chi connectivity index (χ3n) is 7.19. The molecular formula is C19H22FN12O10PS2. The number of aliphatic hydroxyl groups is 1. The van der Waals surface area contributed by atoms with Gasteiger partial charge in [0.2, 0.25) is 5.95 Å². The number of imidazole rings is 1. The van der Waals surface area contributed by atoms with Gasteiger partial charge in [0.25, 0.3) is 5.56 Å². The first kappa shape index (κ1) is 30.3. The second-order valence-corrected chi connectivity index (χ2v) is 14.2. The number of thioether (sulfide) groups is 1. The molecule has 22 nitrogen and oxygen atoms in total. The summed E-state index contributed by atoms with van der Waals surface area (Å²) < 4.78 is 80.7. The molecule has 0 saturated carbocycles. The van der Waals surface area contributed by atoms with E-state index in [0.717, 1.165) is 33.7 Å². The molecule has 0 amide bonds. The smallest absolute Gasteiger partial charge is 0.387 e. The summed E-state index contributed by atoms with van der Waals surface area (Å²) in [5, 5.41) is 16.4. The van der Waals surface area contributed by atoms with Crippen LogP contribution in [-0.2, 0) is 32.8 Å². The van der Waals surface area contributed by atoms with Crippen molar-refractivity contribution >= 4 is 64.0 Å². The Bertz CT molecular complexity index is 2010. The minimum atomic E-state index is -5.07. The molecule has 3 fully saturated rings. The molecule has 0 bridgehead atoms. The Kier molecular flexibility index (Phi) is 7.30. The van der Waals surface area contributed by atoms with E-state index in [1.165, 1.54) is 0 Å². The molecule has 4 aromatic heterocycles. The highest BCUT2D eigenvalue weighted by Gasteiger charge is 2.53. The number of nitrogens with one attached hydrogen (secondary N) is 2. The van der Waals surface area contributed by atoms with E-state index >= 15 is 4.39 Å². The maximum Gasteiger partial charge on any atom is 0.472 e. The highest BCUT2D eigenvalue weighted by atomic mass is 32.2. The lowest BCUT2D eigenvalue weighted by Crippen LogP contribution is -2.45. The van der Waals surface area contributed by atoms with Gasteiger partial charge in [0.15, 0.2) is 35.0 Å². The molecule has 7 heterocycles. The number of hydrogen-bond donors (Lipinski definition) is 6. The largest absolute Gasteiger partial charge is 0.472 e. The van der Waals surface area contributed by atoms with Gasteiger partial charge in [0.1, 0.15) is 41.6 Å². The maximum absolute atomic E-state index is 15.9. The number of aromatic nitrogens is 9. The molecule has 3 aliphatic heterocycles. The average Bonchev–Trinajstić information content (AvgIpc) is 3.72. The van der Waals surface area contributed by atoms with Crippen LogP contribution in [0.15, 0.2) is 17.4 Å². The molecular weight excluding hydrogens is 670 g/mol. The van der Waals surface area contributed by atoms with Crippen molar-refractivity contribution in [2.75, 3.05) is 24.6 Å². The Morgan fingerprint density at radius 2 is 1.98 bits per heavy atom. The number of H-pyrrole nitrogens is 1. The molecule has 3 saturated heterocycles. The normalized spacial score (nSPS) is 35.5. The Labute approximate surface area is 253 Å². The predicted molar refractivity (Wildman–Crippen MR) is 148 cm³/mol. The maximum atomic E-state index is 15.9. The summed E-state index contributed by atoms with van der Waals surface area (Å²) in [6, 6.07) is 0. The number of aromatic amines is 1. The van der Waals surface area contributed by atoms with E-state index in [1.54, 1.807) is 0 Å². The summed E-state index contributed by atoms with van der Waals surface area (Å²) in [5.74, 6) is -0.267. The lowest BCUT2D eigenvalue weighted by Gasteiger charge is -2.26. The van der Waals surface area contributed by atoms with Crippen LogP contribution in [0.3, 0.4) is 0 Å². The fraction of sp³-hybridized carbons (Fsp3) is 0.526. The van der Waals surface area contributed by atoms with Crippen molar-refractivity contribution < 1.29 is 45.3 Å². The molecule has 7 rings (SSSR count). The molecule has 0 aliphatic carbocycles. The Hall–Kier alpha value is -3.39. The summed E-state index contributed by atoms with van der Waals surface area (Å²) in [7, 11) is -9.77. The van der Waals surface area contributed by atoms with Gasteiger partial charge in [-0.2, -0.15) is 18.1 Å². The first-order valence-electron chi connectivity index (χ1n) is 12.8. The quantitative estimate of drug-likeness (QED) is 0.118. The number of phosphoric acid groups is 1. The standard InChI is InChI=1S/C19H22FN12O10PS2/c20-7-11-5(40-17(7)31-4-25-8-13(21)23-3-24-14(8)31)1-26-45(37,38)42-12-6(2-39-43(35,36)41-11)44-18(10(12)33)32-15-9(29-30-32)16(34)28-19(22)27-15/h3-7,10-12,17-18,26,33H,1-2H2,(H,35,36)(H2,21,23,24)(H3,22,27,28,34). The number of anilines is 2. The number of phosphoric ester groups is 1. The SMILES string of the molecule is Nc1nc2c(nnn2C2SC3COP(=O)(O)OC4C(CNS(=O)(=O)OC3C2O)OC(n2cnc3c(N)ncnc32)C4F)c(=O)[nH]1. The molecule has 4 aromatic rings. The van der Waals surface area contributed by atoms with Crippen LogP contribution in [0, 0.1) is 0 Å². The van der Waals surface area contributed by atoms with Gasteiger partial charge in [-0.25, -0.2) is 28.6 Å². The van der Waals surface area contributed by atoms with Crippen LogP contribution in [0.1, 0.15) is 11.6 Å². The lowest BCUT2D eigenvalue weighted by molar-refractivity contribution is -0.0223. The molecule has 26 heteroatoms. The molecule has 0 radical (unpaired) electrons. The number of nitrogens with zero attached hydrogens (tertiary/aromatic N) is 8. The zero-order chi connectivity index (χ0) is 31.8. The van der Waals surface area contributed by atoms with Gasteiger partial charge < -0.3 is 26.2 Å². The van der Waals surface area contributed by atoms with Crippen LogP contribution in [0.25, 0.3) is 22.3 Å². The fourth-order valence-electron chi connectivity index (χ4n) is 5.18. The van der Waals surface area contributed by atoms with E-state index in [0.29, 0.717) is 0 Å². The van der Waals surface area contributed by atoms with Crippen LogP contribution >= 0.6 is 19.6 Å². The third-order valence-corrected chi connectivity index (χ3v) is 10.7. The predicted octanol–water partition coefficient (Wildman–Crippen LogP) is -2.54. The first-order valence-corrected chi connectivity index (χ1v) is 16.7. The molecule has 9 unspecified atom stereocenters. The van der Waals surface area contributed by atoms with Crippen molar-refractivity contribution in [3.63, 3.8) is 0 Å². The van der Waals surface area contributed by atoms with E-state index < -0.39 is 84.3 Å². The number of nitrogen functional groups attached to an aromatic ring is 2. The van der Waals surface area contributed by atoms with Crippen molar-refractivity contribution in [2.24, 2.45) is 0 Å². The summed E-state index contributed by atoms with van der Waals surface area (Å²) in [6.45, 7) is -1.42. The molecule has 242 valence electrons. The topological polar surface area (TPSA) is 313 Å². The Morgan fingerprint density at radius 1 is 1.18 bits per heavy atom. The van der Waals surface area contributed by atoms with Crippen molar-refractivity contribution in [3.05, 3.63) is 23.0 Å². The second-order valence-electron chi connectivity index (χ2n) is 10.0. The van der Waals surface area contributed by atoms with E-state index in [4.69, 9.17) is 29.4 Å². The number of aliphatic hydroxyl groups excluding tert-OH is 1. The molecule has 8 N–H and O–H groups in total. The van der Waals surface area contributed by atoms with Crippen LogP contribution in [0.5, 0.6) is 0 Å². The fourth-order valence-corrected chi connectivity index (χ4v) is 8.75. The highest BCUT2D eigenvalue weighted by Crippen LogP contribution is 2.52. The number of nitrogens with two attached hydrogens (primary N) is 2. The van der Waals surface area contributed by atoms with Gasteiger partial charge in [0, 0.05) is 6.54 Å². The molecule has 45 heavy (non-hydrogen) atoms. The molecule has 0 aromatic carbocycles. The van der Waals surface area contributed by atoms with Gasteiger partial charge in [0.05, 0.1) is 18.2 Å². The van der Waals surface area contributed by atoms with Crippen LogP contribution in [0.4, 0.5) is 16.2 Å². The number of alkyl halides is 1. The zero-order valence-corrected chi connectivity index (χ0v) is 24.7. The minimum Gasteiger partial charge on any atom is -0.387 e.